The summed E-state index contributed by atoms with van der Waals surface area (Å²) in [6.45, 7) is 2.52. The lowest BCUT2D eigenvalue weighted by Crippen LogP contribution is -2.45. The van der Waals surface area contributed by atoms with Gasteiger partial charge in [-0.1, -0.05) is 6.07 Å². The first-order chi connectivity index (χ1) is 9.87. The van der Waals surface area contributed by atoms with Crippen molar-refractivity contribution in [1.29, 1.82) is 0 Å². The molecule has 1 fully saturated rings. The number of piperazine rings is 1. The SMILES string of the molecule is Fc1ccc([C@@H](CCC(F)(F)F)N2CCNCC2)cc1F. The number of benzene rings is 1. The minimum atomic E-state index is -4.26. The van der Waals surface area contributed by atoms with E-state index in [0.29, 0.717) is 31.7 Å². The molecule has 1 aromatic carbocycles. The van der Waals surface area contributed by atoms with Crippen molar-refractivity contribution in [2.75, 3.05) is 26.2 Å². The van der Waals surface area contributed by atoms with Crippen LogP contribution in [0.3, 0.4) is 0 Å². The lowest BCUT2D eigenvalue weighted by atomic mass is 9.99. The zero-order chi connectivity index (χ0) is 15.5. The van der Waals surface area contributed by atoms with Gasteiger partial charge in [0.1, 0.15) is 0 Å². The first-order valence-electron chi connectivity index (χ1n) is 6.83. The van der Waals surface area contributed by atoms with Crippen LogP contribution in [0.4, 0.5) is 22.0 Å². The van der Waals surface area contributed by atoms with E-state index in [2.05, 4.69) is 5.32 Å². The molecule has 1 aromatic rings. The Morgan fingerprint density at radius 1 is 1.10 bits per heavy atom. The molecule has 2 nitrogen and oxygen atoms in total. The Labute approximate surface area is 119 Å². The highest BCUT2D eigenvalue weighted by Crippen LogP contribution is 2.32. The minimum Gasteiger partial charge on any atom is -0.314 e. The van der Waals surface area contributed by atoms with Gasteiger partial charge in [-0.15, -0.1) is 0 Å². The molecule has 1 saturated heterocycles. The fraction of sp³-hybridized carbons (Fsp3) is 0.571. The van der Waals surface area contributed by atoms with Crippen LogP contribution in [0.25, 0.3) is 0 Å². The standard InChI is InChI=1S/C14H17F5N2/c15-11-2-1-10(9-12(11)16)13(3-4-14(17,18)19)21-7-5-20-6-8-21/h1-2,9,13,20H,3-8H2/t13-/m1/s1. The minimum absolute atomic E-state index is 0.158. The van der Waals surface area contributed by atoms with E-state index in [-0.39, 0.29) is 6.42 Å². The number of hydrogen-bond acceptors (Lipinski definition) is 2. The molecule has 21 heavy (non-hydrogen) atoms. The summed E-state index contributed by atoms with van der Waals surface area (Å²) in [5, 5.41) is 3.12. The molecular formula is C14H17F5N2. The van der Waals surface area contributed by atoms with Gasteiger partial charge in [-0.3, -0.25) is 4.90 Å². The summed E-state index contributed by atoms with van der Waals surface area (Å²) in [7, 11) is 0. The van der Waals surface area contributed by atoms with E-state index in [0.717, 1.165) is 12.1 Å². The summed E-state index contributed by atoms with van der Waals surface area (Å²) in [5.41, 5.74) is 0.389. The zero-order valence-corrected chi connectivity index (χ0v) is 11.4. The normalized spacial score (nSPS) is 18.7. The Bertz CT molecular complexity index is 469. The second-order valence-corrected chi connectivity index (χ2v) is 5.13. The molecule has 2 rings (SSSR count). The molecule has 0 unspecified atom stereocenters. The topological polar surface area (TPSA) is 15.3 Å². The van der Waals surface area contributed by atoms with Crippen LogP contribution in [0.15, 0.2) is 18.2 Å². The molecule has 1 aliphatic rings. The van der Waals surface area contributed by atoms with Crippen LogP contribution in [0.5, 0.6) is 0 Å². The first kappa shape index (κ1) is 16.2. The number of alkyl halides is 3. The summed E-state index contributed by atoms with van der Waals surface area (Å²) in [6.07, 6.45) is -5.36. The fourth-order valence-electron chi connectivity index (χ4n) is 2.57. The summed E-state index contributed by atoms with van der Waals surface area (Å²) < 4.78 is 63.8. The predicted molar refractivity (Wildman–Crippen MR) is 68.8 cm³/mol. The third-order valence-corrected chi connectivity index (χ3v) is 3.62. The van der Waals surface area contributed by atoms with Crippen LogP contribution in [0, 0.1) is 11.6 Å². The number of nitrogens with one attached hydrogen (secondary N) is 1. The summed E-state index contributed by atoms with van der Waals surface area (Å²) >= 11 is 0. The summed E-state index contributed by atoms with van der Waals surface area (Å²) in [5.74, 6) is -2.02. The Morgan fingerprint density at radius 3 is 2.33 bits per heavy atom. The van der Waals surface area contributed by atoms with E-state index in [1.165, 1.54) is 6.07 Å². The highest BCUT2D eigenvalue weighted by Gasteiger charge is 2.31. The van der Waals surface area contributed by atoms with Crippen LogP contribution in [-0.2, 0) is 0 Å². The number of nitrogens with zero attached hydrogens (tertiary/aromatic N) is 1. The second kappa shape index (κ2) is 6.70. The largest absolute Gasteiger partial charge is 0.389 e. The van der Waals surface area contributed by atoms with Gasteiger partial charge in [0.2, 0.25) is 0 Å². The van der Waals surface area contributed by atoms with Crippen molar-refractivity contribution in [3.63, 3.8) is 0 Å². The molecule has 118 valence electrons. The van der Waals surface area contributed by atoms with Crippen molar-refractivity contribution in [3.05, 3.63) is 35.4 Å². The highest BCUT2D eigenvalue weighted by molar-refractivity contribution is 5.21. The van der Waals surface area contributed by atoms with Crippen LogP contribution >= 0.6 is 0 Å². The molecule has 1 N–H and O–H groups in total. The summed E-state index contributed by atoms with van der Waals surface area (Å²) in [4.78, 5) is 1.88. The van der Waals surface area contributed by atoms with Crippen molar-refractivity contribution in [3.8, 4) is 0 Å². The Hall–Kier alpha value is -1.21. The molecule has 1 aliphatic heterocycles. The van der Waals surface area contributed by atoms with Crippen LogP contribution in [-0.4, -0.2) is 37.3 Å². The maximum Gasteiger partial charge on any atom is 0.389 e. The Balaban J connectivity index is 2.18. The van der Waals surface area contributed by atoms with Gasteiger partial charge in [0.25, 0.3) is 0 Å². The van der Waals surface area contributed by atoms with E-state index in [1.54, 1.807) is 0 Å². The van der Waals surface area contributed by atoms with Crippen molar-refractivity contribution >= 4 is 0 Å². The average Bonchev–Trinajstić information content (AvgIpc) is 2.43. The third-order valence-electron chi connectivity index (χ3n) is 3.62. The fourth-order valence-corrected chi connectivity index (χ4v) is 2.57. The van der Waals surface area contributed by atoms with E-state index >= 15 is 0 Å². The van der Waals surface area contributed by atoms with E-state index in [4.69, 9.17) is 0 Å². The van der Waals surface area contributed by atoms with Gasteiger partial charge in [-0.25, -0.2) is 8.78 Å². The summed E-state index contributed by atoms with van der Waals surface area (Å²) in [6, 6.07) is 2.77. The maximum atomic E-state index is 13.4. The zero-order valence-electron chi connectivity index (χ0n) is 11.4. The molecule has 0 bridgehead atoms. The lowest BCUT2D eigenvalue weighted by molar-refractivity contribution is -0.138. The van der Waals surface area contributed by atoms with Crippen molar-refractivity contribution in [2.45, 2.75) is 25.1 Å². The molecule has 1 atom stereocenters. The molecule has 0 amide bonds. The number of rotatable bonds is 4. The van der Waals surface area contributed by atoms with Gasteiger partial charge in [-0.05, 0) is 24.1 Å². The first-order valence-corrected chi connectivity index (χ1v) is 6.83. The van der Waals surface area contributed by atoms with Gasteiger partial charge in [0.15, 0.2) is 11.6 Å². The van der Waals surface area contributed by atoms with Crippen LogP contribution in [0.1, 0.15) is 24.4 Å². The molecule has 0 saturated carbocycles. The molecule has 0 spiro atoms. The molecule has 0 aromatic heterocycles. The highest BCUT2D eigenvalue weighted by atomic mass is 19.4. The van der Waals surface area contributed by atoms with Gasteiger partial charge in [0.05, 0.1) is 0 Å². The smallest absolute Gasteiger partial charge is 0.314 e. The molecule has 0 aliphatic carbocycles. The van der Waals surface area contributed by atoms with Crippen molar-refractivity contribution in [1.82, 2.24) is 10.2 Å². The Morgan fingerprint density at radius 2 is 1.76 bits per heavy atom. The molecule has 1 heterocycles. The van der Waals surface area contributed by atoms with Crippen molar-refractivity contribution < 1.29 is 22.0 Å². The van der Waals surface area contributed by atoms with E-state index < -0.39 is 30.3 Å². The van der Waals surface area contributed by atoms with Crippen molar-refractivity contribution in [2.24, 2.45) is 0 Å². The lowest BCUT2D eigenvalue weighted by Gasteiger charge is -2.35. The number of halogens is 5. The third kappa shape index (κ3) is 4.64. The predicted octanol–water partition coefficient (Wildman–Crippen LogP) is 3.25. The quantitative estimate of drug-likeness (QED) is 0.859. The van der Waals surface area contributed by atoms with Crippen LogP contribution in [0.2, 0.25) is 0 Å². The molecule has 7 heteroatoms. The van der Waals surface area contributed by atoms with Gasteiger partial charge in [0, 0.05) is 38.6 Å². The monoisotopic (exact) mass is 308 g/mol. The second-order valence-electron chi connectivity index (χ2n) is 5.13. The van der Waals surface area contributed by atoms with Gasteiger partial charge in [-0.2, -0.15) is 13.2 Å². The Kier molecular flexibility index (Phi) is 5.16. The number of hydrogen-bond donors (Lipinski definition) is 1. The van der Waals surface area contributed by atoms with Gasteiger partial charge < -0.3 is 5.32 Å². The van der Waals surface area contributed by atoms with Gasteiger partial charge >= 0.3 is 6.18 Å². The van der Waals surface area contributed by atoms with Crippen LogP contribution < -0.4 is 5.32 Å². The van der Waals surface area contributed by atoms with E-state index in [9.17, 15) is 22.0 Å². The maximum absolute atomic E-state index is 13.4. The van der Waals surface area contributed by atoms with E-state index in [1.807, 2.05) is 4.90 Å². The molecular weight excluding hydrogens is 291 g/mol. The average molecular weight is 308 g/mol. The molecule has 0 radical (unpaired) electrons.